The Kier molecular flexibility index (Phi) is 5.64. The summed E-state index contributed by atoms with van der Waals surface area (Å²) < 4.78 is 21.0. The molecule has 1 heterocycles. The lowest BCUT2D eigenvalue weighted by Crippen LogP contribution is -2.34. The van der Waals surface area contributed by atoms with Crippen LogP contribution in [0.4, 0.5) is 9.18 Å². The molecule has 1 saturated heterocycles. The van der Waals surface area contributed by atoms with Gasteiger partial charge in [0.2, 0.25) is 5.91 Å². The first-order chi connectivity index (χ1) is 14.9. The first-order valence-electron chi connectivity index (χ1n) is 11.0. The molecular formula is C26H30FNO3S. The van der Waals surface area contributed by atoms with Crippen molar-refractivity contribution in [3.63, 3.8) is 0 Å². The zero-order chi connectivity index (χ0) is 23.4. The summed E-state index contributed by atoms with van der Waals surface area (Å²) in [4.78, 5) is 23.4. The van der Waals surface area contributed by atoms with Gasteiger partial charge < -0.3 is 4.74 Å². The number of aryl methyl sites for hydroxylation is 1. The SMILES string of the molecule is COc1c(-c2cc3c(cc2C)C(C)(C)CCC3(C)C)ccc(CC2SC(=O)NC2=O)c1F. The molecular weight excluding hydrogens is 425 g/mol. The van der Waals surface area contributed by atoms with Gasteiger partial charge in [-0.25, -0.2) is 4.39 Å². The van der Waals surface area contributed by atoms with Crippen LogP contribution in [0.2, 0.25) is 0 Å². The lowest BCUT2D eigenvalue weighted by atomic mass is 9.62. The molecule has 1 unspecified atom stereocenters. The molecule has 0 radical (unpaired) electrons. The van der Waals surface area contributed by atoms with E-state index < -0.39 is 11.1 Å². The van der Waals surface area contributed by atoms with Crippen LogP contribution in [0, 0.1) is 12.7 Å². The maximum absolute atomic E-state index is 15.5. The predicted molar refractivity (Wildman–Crippen MR) is 127 cm³/mol. The minimum absolute atomic E-state index is 0.0403. The van der Waals surface area contributed by atoms with Gasteiger partial charge in [-0.3, -0.25) is 14.9 Å². The van der Waals surface area contributed by atoms with E-state index >= 15 is 4.39 Å². The second-order valence-electron chi connectivity index (χ2n) is 10.2. The van der Waals surface area contributed by atoms with Crippen LogP contribution >= 0.6 is 11.8 Å². The van der Waals surface area contributed by atoms with Gasteiger partial charge in [-0.1, -0.05) is 57.7 Å². The van der Waals surface area contributed by atoms with Crippen molar-refractivity contribution in [2.45, 2.75) is 70.0 Å². The number of benzene rings is 2. The molecule has 0 bridgehead atoms. The highest BCUT2D eigenvalue weighted by molar-refractivity contribution is 8.15. The van der Waals surface area contributed by atoms with Gasteiger partial charge in [-0.2, -0.15) is 0 Å². The normalized spacial score (nSPS) is 21.3. The van der Waals surface area contributed by atoms with Gasteiger partial charge in [0.05, 0.1) is 12.4 Å². The van der Waals surface area contributed by atoms with E-state index in [2.05, 4.69) is 52.1 Å². The number of thioether (sulfide) groups is 1. The molecule has 4 rings (SSSR count). The molecule has 6 heteroatoms. The van der Waals surface area contributed by atoms with Crippen molar-refractivity contribution in [2.24, 2.45) is 0 Å². The Morgan fingerprint density at radius 1 is 1.06 bits per heavy atom. The quantitative estimate of drug-likeness (QED) is 0.609. The van der Waals surface area contributed by atoms with E-state index in [1.54, 1.807) is 6.07 Å². The number of fused-ring (bicyclic) bond motifs is 1. The second-order valence-corrected chi connectivity index (χ2v) is 11.4. The summed E-state index contributed by atoms with van der Waals surface area (Å²) in [7, 11) is 1.47. The summed E-state index contributed by atoms with van der Waals surface area (Å²) in [6.07, 6.45) is 2.36. The van der Waals surface area contributed by atoms with Crippen molar-refractivity contribution in [1.29, 1.82) is 0 Å². The molecule has 0 aromatic heterocycles. The van der Waals surface area contributed by atoms with E-state index in [1.165, 1.54) is 18.2 Å². The first kappa shape index (κ1) is 22.8. The molecule has 1 aliphatic carbocycles. The average Bonchev–Trinajstić information content (AvgIpc) is 3.03. The molecule has 2 amide bonds. The van der Waals surface area contributed by atoms with E-state index in [1.807, 2.05) is 6.07 Å². The molecule has 170 valence electrons. The van der Waals surface area contributed by atoms with Crippen molar-refractivity contribution in [2.75, 3.05) is 7.11 Å². The van der Waals surface area contributed by atoms with Crippen LogP contribution < -0.4 is 10.1 Å². The van der Waals surface area contributed by atoms with Gasteiger partial charge in [0.15, 0.2) is 11.6 Å². The number of rotatable bonds is 4. The summed E-state index contributed by atoms with van der Waals surface area (Å²) in [6, 6.07) is 8.04. The molecule has 2 aromatic rings. The highest BCUT2D eigenvalue weighted by Crippen LogP contribution is 2.48. The second kappa shape index (κ2) is 7.91. The number of methoxy groups -OCH3 is 1. The van der Waals surface area contributed by atoms with Gasteiger partial charge in [0, 0.05) is 5.56 Å². The summed E-state index contributed by atoms with van der Waals surface area (Å²) >= 11 is 0.902. The molecule has 4 nitrogen and oxygen atoms in total. The zero-order valence-corrected chi connectivity index (χ0v) is 20.3. The fourth-order valence-corrected chi connectivity index (χ4v) is 5.75. The van der Waals surface area contributed by atoms with E-state index in [0.717, 1.165) is 35.7 Å². The molecule has 1 fully saturated rings. The Morgan fingerprint density at radius 3 is 2.25 bits per heavy atom. The first-order valence-corrected chi connectivity index (χ1v) is 11.9. The van der Waals surface area contributed by atoms with Gasteiger partial charge in [-0.05, 0) is 70.9 Å². The van der Waals surface area contributed by atoms with Gasteiger partial charge in [0.1, 0.15) is 0 Å². The van der Waals surface area contributed by atoms with Crippen LogP contribution in [0.5, 0.6) is 5.75 Å². The third kappa shape index (κ3) is 3.83. The summed E-state index contributed by atoms with van der Waals surface area (Å²) in [5.41, 5.74) is 5.91. The topological polar surface area (TPSA) is 55.4 Å². The smallest absolute Gasteiger partial charge is 0.286 e. The van der Waals surface area contributed by atoms with Crippen LogP contribution in [0.15, 0.2) is 24.3 Å². The Morgan fingerprint density at radius 2 is 1.69 bits per heavy atom. The monoisotopic (exact) mass is 455 g/mol. The number of carbonyl (C=O) groups excluding carboxylic acids is 2. The molecule has 0 spiro atoms. The summed E-state index contributed by atoms with van der Waals surface area (Å²) in [5, 5.41) is 1.24. The van der Waals surface area contributed by atoms with E-state index in [9.17, 15) is 9.59 Å². The van der Waals surface area contributed by atoms with Crippen molar-refractivity contribution in [1.82, 2.24) is 5.32 Å². The predicted octanol–water partition coefficient (Wildman–Crippen LogP) is 6.05. The number of nitrogens with one attached hydrogen (secondary N) is 1. The molecule has 2 aliphatic rings. The van der Waals surface area contributed by atoms with Gasteiger partial charge >= 0.3 is 0 Å². The van der Waals surface area contributed by atoms with Crippen LogP contribution in [-0.4, -0.2) is 23.5 Å². The standard InChI is InChI=1S/C26H30FNO3S/c1-14-11-18-19(26(4,5)10-9-25(18,2)3)13-17(14)16-8-7-15(21(27)22(16)31-6)12-20-23(29)28-24(30)32-20/h7-8,11,13,20H,9-10,12H2,1-6H3,(H,28,29,30). The van der Waals surface area contributed by atoms with Gasteiger partial charge in [0.25, 0.3) is 5.24 Å². The van der Waals surface area contributed by atoms with Crippen LogP contribution in [0.25, 0.3) is 11.1 Å². The molecule has 2 aromatic carbocycles. The van der Waals surface area contributed by atoms with Crippen LogP contribution in [0.1, 0.15) is 62.8 Å². The number of hydrogen-bond donors (Lipinski definition) is 1. The lowest BCUT2D eigenvalue weighted by Gasteiger charge is -2.42. The van der Waals surface area contributed by atoms with Crippen molar-refractivity contribution in [3.8, 4) is 16.9 Å². The van der Waals surface area contributed by atoms with Crippen molar-refractivity contribution in [3.05, 3.63) is 52.3 Å². The number of hydrogen-bond acceptors (Lipinski definition) is 4. The van der Waals surface area contributed by atoms with E-state index in [0.29, 0.717) is 11.1 Å². The minimum Gasteiger partial charge on any atom is -0.493 e. The number of ether oxygens (including phenoxy) is 1. The minimum atomic E-state index is -0.624. The van der Waals surface area contributed by atoms with Crippen LogP contribution in [-0.2, 0) is 22.0 Å². The largest absolute Gasteiger partial charge is 0.493 e. The highest BCUT2D eigenvalue weighted by Gasteiger charge is 2.38. The molecule has 1 aliphatic heterocycles. The fraction of sp³-hybridized carbons (Fsp3) is 0.462. The van der Waals surface area contributed by atoms with Crippen molar-refractivity contribution < 1.29 is 18.7 Å². The van der Waals surface area contributed by atoms with E-state index in [-0.39, 0.29) is 34.1 Å². The molecule has 0 saturated carbocycles. The van der Waals surface area contributed by atoms with Gasteiger partial charge in [-0.15, -0.1) is 0 Å². The Balaban J connectivity index is 1.80. The lowest BCUT2D eigenvalue weighted by molar-refractivity contribution is -0.118. The molecule has 1 atom stereocenters. The fourth-order valence-electron chi connectivity index (χ4n) is 4.91. The molecule has 32 heavy (non-hydrogen) atoms. The number of imide groups is 1. The summed E-state index contributed by atoms with van der Waals surface area (Å²) in [6.45, 7) is 11.2. The maximum Gasteiger partial charge on any atom is 0.286 e. The average molecular weight is 456 g/mol. The number of amides is 2. The third-order valence-corrected chi connectivity index (χ3v) is 8.02. The highest BCUT2D eigenvalue weighted by atomic mass is 32.2. The summed E-state index contributed by atoms with van der Waals surface area (Å²) in [5.74, 6) is -0.680. The Labute approximate surface area is 193 Å². The third-order valence-electron chi connectivity index (χ3n) is 7.04. The van der Waals surface area contributed by atoms with Crippen molar-refractivity contribution >= 4 is 22.9 Å². The Bertz CT molecular complexity index is 1120. The van der Waals surface area contributed by atoms with E-state index in [4.69, 9.17) is 4.74 Å². The number of halogens is 1. The number of carbonyl (C=O) groups is 2. The van der Waals surface area contributed by atoms with Crippen LogP contribution in [0.3, 0.4) is 0 Å². The molecule has 1 N–H and O–H groups in total. The Hall–Kier alpha value is -2.34. The maximum atomic E-state index is 15.5. The zero-order valence-electron chi connectivity index (χ0n) is 19.5.